The first-order chi connectivity index (χ1) is 8.79. The highest BCUT2D eigenvalue weighted by Gasteiger charge is 2.31. The van der Waals surface area contributed by atoms with Gasteiger partial charge in [-0.15, -0.1) is 6.58 Å². The molecule has 1 aliphatic heterocycles. The second kappa shape index (κ2) is 6.72. The minimum absolute atomic E-state index is 0.235. The van der Waals surface area contributed by atoms with E-state index in [0.29, 0.717) is 25.2 Å². The molecule has 1 fully saturated rings. The zero-order chi connectivity index (χ0) is 12.8. The Labute approximate surface area is 110 Å². The SMILES string of the molecule is C=CC[C@@H]1C[C@H](C)[C@H](COCc2ccccc2)O1. The fourth-order valence-electron chi connectivity index (χ4n) is 2.41. The molecule has 2 heteroatoms. The monoisotopic (exact) mass is 246 g/mol. The first-order valence-electron chi connectivity index (χ1n) is 6.67. The van der Waals surface area contributed by atoms with Crippen molar-refractivity contribution in [3.8, 4) is 0 Å². The van der Waals surface area contributed by atoms with E-state index in [9.17, 15) is 0 Å². The molecule has 1 heterocycles. The van der Waals surface area contributed by atoms with Crippen LogP contribution in [0, 0.1) is 5.92 Å². The summed E-state index contributed by atoms with van der Waals surface area (Å²) in [6, 6.07) is 10.3. The summed E-state index contributed by atoms with van der Waals surface area (Å²) in [6.07, 6.45) is 4.57. The van der Waals surface area contributed by atoms with Gasteiger partial charge in [-0.25, -0.2) is 0 Å². The third kappa shape index (κ3) is 3.69. The van der Waals surface area contributed by atoms with Gasteiger partial charge in [-0.2, -0.15) is 0 Å². The number of benzene rings is 1. The maximum atomic E-state index is 5.96. The van der Waals surface area contributed by atoms with Crippen molar-refractivity contribution in [2.75, 3.05) is 6.61 Å². The molecule has 0 aromatic heterocycles. The molecule has 18 heavy (non-hydrogen) atoms. The molecule has 0 saturated carbocycles. The van der Waals surface area contributed by atoms with Gasteiger partial charge in [-0.1, -0.05) is 43.3 Å². The summed E-state index contributed by atoms with van der Waals surface area (Å²) >= 11 is 0. The zero-order valence-corrected chi connectivity index (χ0v) is 11.0. The molecule has 98 valence electrons. The van der Waals surface area contributed by atoms with Gasteiger partial charge in [-0.3, -0.25) is 0 Å². The second-order valence-electron chi connectivity index (χ2n) is 5.03. The van der Waals surface area contributed by atoms with Crippen LogP contribution in [0.4, 0.5) is 0 Å². The molecule has 1 aliphatic rings. The highest BCUT2D eigenvalue weighted by atomic mass is 16.5. The van der Waals surface area contributed by atoms with Crippen molar-refractivity contribution in [2.45, 2.75) is 38.6 Å². The van der Waals surface area contributed by atoms with E-state index < -0.39 is 0 Å². The molecule has 0 radical (unpaired) electrons. The Morgan fingerprint density at radius 2 is 2.17 bits per heavy atom. The van der Waals surface area contributed by atoms with Crippen molar-refractivity contribution in [1.29, 1.82) is 0 Å². The Hall–Kier alpha value is -1.12. The summed E-state index contributed by atoms with van der Waals surface area (Å²) < 4.78 is 11.7. The summed E-state index contributed by atoms with van der Waals surface area (Å²) in [5, 5.41) is 0. The molecular weight excluding hydrogens is 224 g/mol. The predicted octanol–water partition coefficient (Wildman–Crippen LogP) is 3.57. The number of rotatable bonds is 6. The molecule has 1 aromatic rings. The highest BCUT2D eigenvalue weighted by Crippen LogP contribution is 2.28. The van der Waals surface area contributed by atoms with Gasteiger partial charge in [0.2, 0.25) is 0 Å². The largest absolute Gasteiger partial charge is 0.374 e. The lowest BCUT2D eigenvalue weighted by molar-refractivity contribution is -0.0280. The van der Waals surface area contributed by atoms with E-state index in [2.05, 4.69) is 25.6 Å². The van der Waals surface area contributed by atoms with Crippen LogP contribution in [0.25, 0.3) is 0 Å². The smallest absolute Gasteiger partial charge is 0.0838 e. The molecule has 2 nitrogen and oxygen atoms in total. The molecule has 0 unspecified atom stereocenters. The maximum absolute atomic E-state index is 5.96. The van der Waals surface area contributed by atoms with E-state index >= 15 is 0 Å². The molecule has 1 aromatic carbocycles. The van der Waals surface area contributed by atoms with Gasteiger partial charge < -0.3 is 9.47 Å². The van der Waals surface area contributed by atoms with Crippen molar-refractivity contribution in [3.63, 3.8) is 0 Å². The molecule has 0 bridgehead atoms. The van der Waals surface area contributed by atoms with Gasteiger partial charge in [0, 0.05) is 0 Å². The molecule has 2 rings (SSSR count). The van der Waals surface area contributed by atoms with Crippen LogP contribution in [-0.2, 0) is 16.1 Å². The highest BCUT2D eigenvalue weighted by molar-refractivity contribution is 5.13. The van der Waals surface area contributed by atoms with Crippen LogP contribution < -0.4 is 0 Å². The minimum atomic E-state index is 0.235. The van der Waals surface area contributed by atoms with Crippen molar-refractivity contribution in [2.24, 2.45) is 5.92 Å². The molecule has 0 spiro atoms. The summed E-state index contributed by atoms with van der Waals surface area (Å²) in [4.78, 5) is 0. The zero-order valence-electron chi connectivity index (χ0n) is 11.0. The molecule has 0 N–H and O–H groups in total. The van der Waals surface area contributed by atoms with E-state index in [0.717, 1.165) is 12.8 Å². The van der Waals surface area contributed by atoms with Gasteiger partial charge in [0.05, 0.1) is 25.4 Å². The lowest BCUT2D eigenvalue weighted by atomic mass is 10.0. The van der Waals surface area contributed by atoms with Gasteiger partial charge >= 0.3 is 0 Å². The number of hydrogen-bond acceptors (Lipinski definition) is 2. The molecular formula is C16H22O2. The predicted molar refractivity (Wildman–Crippen MR) is 73.4 cm³/mol. The Balaban J connectivity index is 1.72. The summed E-state index contributed by atoms with van der Waals surface area (Å²) in [5.74, 6) is 0.575. The van der Waals surface area contributed by atoms with Crippen molar-refractivity contribution in [3.05, 3.63) is 48.6 Å². The Bertz CT molecular complexity index is 361. The van der Waals surface area contributed by atoms with Crippen LogP contribution in [0.3, 0.4) is 0 Å². The van der Waals surface area contributed by atoms with E-state index in [1.165, 1.54) is 5.56 Å². The normalized spacial score (nSPS) is 27.3. The second-order valence-corrected chi connectivity index (χ2v) is 5.03. The molecule has 0 aliphatic carbocycles. The average Bonchev–Trinajstić information content (AvgIpc) is 2.72. The Morgan fingerprint density at radius 3 is 2.89 bits per heavy atom. The molecule has 3 atom stereocenters. The first-order valence-corrected chi connectivity index (χ1v) is 6.67. The van der Waals surface area contributed by atoms with Crippen LogP contribution in [0.1, 0.15) is 25.3 Å². The fourth-order valence-corrected chi connectivity index (χ4v) is 2.41. The lowest BCUT2D eigenvalue weighted by Crippen LogP contribution is -2.21. The van der Waals surface area contributed by atoms with E-state index in [-0.39, 0.29) is 6.10 Å². The average molecular weight is 246 g/mol. The van der Waals surface area contributed by atoms with Gasteiger partial charge in [0.1, 0.15) is 0 Å². The summed E-state index contributed by atoms with van der Waals surface area (Å²) in [6.45, 7) is 7.35. The Kier molecular flexibility index (Phi) is 4.97. The summed E-state index contributed by atoms with van der Waals surface area (Å²) in [5.41, 5.74) is 1.21. The van der Waals surface area contributed by atoms with Crippen LogP contribution in [0.5, 0.6) is 0 Å². The lowest BCUT2D eigenvalue weighted by Gasteiger charge is -2.15. The van der Waals surface area contributed by atoms with Gasteiger partial charge in [0.15, 0.2) is 0 Å². The number of hydrogen-bond donors (Lipinski definition) is 0. The van der Waals surface area contributed by atoms with Crippen LogP contribution >= 0.6 is 0 Å². The van der Waals surface area contributed by atoms with E-state index in [1.54, 1.807) is 0 Å². The van der Waals surface area contributed by atoms with Crippen molar-refractivity contribution in [1.82, 2.24) is 0 Å². The third-order valence-electron chi connectivity index (χ3n) is 3.46. The standard InChI is InChI=1S/C16H22O2/c1-3-7-15-10-13(2)16(18-15)12-17-11-14-8-5-4-6-9-14/h3-6,8-9,13,15-16H,1,7,10-12H2,2H3/t13-,15+,16-/m0/s1. The summed E-state index contributed by atoms with van der Waals surface area (Å²) in [7, 11) is 0. The first kappa shape index (κ1) is 13.3. The van der Waals surface area contributed by atoms with Crippen molar-refractivity contribution >= 4 is 0 Å². The maximum Gasteiger partial charge on any atom is 0.0838 e. The Morgan fingerprint density at radius 1 is 1.39 bits per heavy atom. The topological polar surface area (TPSA) is 18.5 Å². The molecule has 0 amide bonds. The number of ether oxygens (including phenoxy) is 2. The van der Waals surface area contributed by atoms with Crippen LogP contribution in [0.15, 0.2) is 43.0 Å². The van der Waals surface area contributed by atoms with E-state index in [4.69, 9.17) is 9.47 Å². The van der Waals surface area contributed by atoms with Crippen LogP contribution in [0.2, 0.25) is 0 Å². The van der Waals surface area contributed by atoms with Crippen LogP contribution in [-0.4, -0.2) is 18.8 Å². The minimum Gasteiger partial charge on any atom is -0.374 e. The van der Waals surface area contributed by atoms with E-state index in [1.807, 2.05) is 24.3 Å². The third-order valence-corrected chi connectivity index (χ3v) is 3.46. The quantitative estimate of drug-likeness (QED) is 0.714. The fraction of sp³-hybridized carbons (Fsp3) is 0.500. The molecule has 1 saturated heterocycles. The van der Waals surface area contributed by atoms with Gasteiger partial charge in [-0.05, 0) is 24.3 Å². The van der Waals surface area contributed by atoms with Gasteiger partial charge in [0.25, 0.3) is 0 Å². The van der Waals surface area contributed by atoms with Crippen molar-refractivity contribution < 1.29 is 9.47 Å².